The number of nitrogens with one attached hydrogen (secondary N) is 1. The van der Waals surface area contributed by atoms with Crippen LogP contribution in [0.15, 0.2) is 48.5 Å². The SMILES string of the molecule is CCCCc1ccc(C(NC)c2ccc(CC)cc2)cc1. The van der Waals surface area contributed by atoms with Gasteiger partial charge in [0.1, 0.15) is 0 Å². The zero-order valence-corrected chi connectivity index (χ0v) is 13.5. The standard InChI is InChI=1S/C20H27N/c1-4-6-7-17-10-14-19(15-11-17)20(21-3)18-12-8-16(5-2)9-13-18/h8-15,20-21H,4-7H2,1-3H3. The van der Waals surface area contributed by atoms with E-state index in [1.54, 1.807) is 0 Å². The maximum Gasteiger partial charge on any atom is 0.0574 e. The molecule has 0 aliphatic heterocycles. The Balaban J connectivity index is 2.15. The van der Waals surface area contributed by atoms with E-state index in [1.165, 1.54) is 41.5 Å². The average Bonchev–Trinajstić information content (AvgIpc) is 2.55. The van der Waals surface area contributed by atoms with E-state index in [9.17, 15) is 0 Å². The largest absolute Gasteiger partial charge is 0.309 e. The predicted molar refractivity (Wildman–Crippen MR) is 91.8 cm³/mol. The molecule has 1 atom stereocenters. The lowest BCUT2D eigenvalue weighted by molar-refractivity contribution is 0.690. The molecule has 0 bridgehead atoms. The molecule has 0 saturated carbocycles. The van der Waals surface area contributed by atoms with Gasteiger partial charge in [0.25, 0.3) is 0 Å². The molecule has 0 aliphatic carbocycles. The summed E-state index contributed by atoms with van der Waals surface area (Å²) in [6.07, 6.45) is 4.81. The van der Waals surface area contributed by atoms with Gasteiger partial charge >= 0.3 is 0 Å². The number of hydrogen-bond acceptors (Lipinski definition) is 1. The molecule has 0 heterocycles. The lowest BCUT2D eigenvalue weighted by Gasteiger charge is -2.18. The van der Waals surface area contributed by atoms with Crippen LogP contribution in [0.5, 0.6) is 0 Å². The van der Waals surface area contributed by atoms with E-state index < -0.39 is 0 Å². The van der Waals surface area contributed by atoms with Gasteiger partial charge in [-0.2, -0.15) is 0 Å². The fraction of sp³-hybridized carbons (Fsp3) is 0.400. The van der Waals surface area contributed by atoms with Gasteiger partial charge in [0.15, 0.2) is 0 Å². The van der Waals surface area contributed by atoms with Crippen molar-refractivity contribution in [3.8, 4) is 0 Å². The van der Waals surface area contributed by atoms with E-state index in [0.29, 0.717) is 0 Å². The second-order valence-electron chi connectivity index (χ2n) is 5.66. The maximum atomic E-state index is 3.43. The molecule has 0 radical (unpaired) electrons. The minimum Gasteiger partial charge on any atom is -0.309 e. The van der Waals surface area contributed by atoms with Crippen molar-refractivity contribution >= 4 is 0 Å². The molecule has 112 valence electrons. The van der Waals surface area contributed by atoms with Gasteiger partial charge < -0.3 is 5.32 Å². The Bertz CT molecular complexity index is 525. The molecule has 1 heteroatoms. The van der Waals surface area contributed by atoms with E-state index in [1.807, 2.05) is 7.05 Å². The summed E-state index contributed by atoms with van der Waals surface area (Å²) in [5.74, 6) is 0. The van der Waals surface area contributed by atoms with Crippen LogP contribution in [0.1, 0.15) is 55.0 Å². The van der Waals surface area contributed by atoms with Gasteiger partial charge in [0.05, 0.1) is 6.04 Å². The summed E-state index contributed by atoms with van der Waals surface area (Å²) < 4.78 is 0. The minimum atomic E-state index is 0.274. The van der Waals surface area contributed by atoms with Gasteiger partial charge in [-0.3, -0.25) is 0 Å². The van der Waals surface area contributed by atoms with Crippen LogP contribution < -0.4 is 5.32 Å². The van der Waals surface area contributed by atoms with Crippen LogP contribution in [0.4, 0.5) is 0 Å². The third-order valence-corrected chi connectivity index (χ3v) is 4.14. The molecule has 1 N–H and O–H groups in total. The fourth-order valence-corrected chi connectivity index (χ4v) is 2.73. The first kappa shape index (κ1) is 15.8. The van der Waals surface area contributed by atoms with E-state index in [0.717, 1.165) is 6.42 Å². The van der Waals surface area contributed by atoms with Crippen LogP contribution in [-0.2, 0) is 12.8 Å². The second-order valence-corrected chi connectivity index (χ2v) is 5.66. The summed E-state index contributed by atoms with van der Waals surface area (Å²) in [6.45, 7) is 4.44. The minimum absolute atomic E-state index is 0.274. The normalized spacial score (nSPS) is 12.3. The van der Waals surface area contributed by atoms with Crippen LogP contribution in [0.25, 0.3) is 0 Å². The number of unbranched alkanes of at least 4 members (excludes halogenated alkanes) is 1. The average molecular weight is 281 g/mol. The van der Waals surface area contributed by atoms with Crippen molar-refractivity contribution in [1.82, 2.24) is 5.32 Å². The Labute approximate surface area is 129 Å². The van der Waals surface area contributed by atoms with Crippen molar-refractivity contribution in [2.45, 2.75) is 45.6 Å². The number of hydrogen-bond donors (Lipinski definition) is 1. The molecule has 1 unspecified atom stereocenters. The number of rotatable bonds is 7. The van der Waals surface area contributed by atoms with Crippen LogP contribution in [0, 0.1) is 0 Å². The molecule has 0 saturated heterocycles. The Morgan fingerprint density at radius 1 is 0.810 bits per heavy atom. The predicted octanol–water partition coefficient (Wildman–Crippen LogP) is 4.90. The van der Waals surface area contributed by atoms with Gasteiger partial charge in [-0.1, -0.05) is 68.8 Å². The van der Waals surface area contributed by atoms with Crippen LogP contribution in [0.2, 0.25) is 0 Å². The smallest absolute Gasteiger partial charge is 0.0574 e. The zero-order valence-electron chi connectivity index (χ0n) is 13.5. The lowest BCUT2D eigenvalue weighted by Crippen LogP contribution is -2.17. The van der Waals surface area contributed by atoms with Crippen LogP contribution in [0.3, 0.4) is 0 Å². The summed E-state index contributed by atoms with van der Waals surface area (Å²) in [5.41, 5.74) is 5.50. The van der Waals surface area contributed by atoms with Crippen molar-refractivity contribution in [3.05, 3.63) is 70.8 Å². The lowest BCUT2D eigenvalue weighted by atomic mass is 9.96. The van der Waals surface area contributed by atoms with Crippen molar-refractivity contribution in [2.24, 2.45) is 0 Å². The van der Waals surface area contributed by atoms with Crippen molar-refractivity contribution in [3.63, 3.8) is 0 Å². The third-order valence-electron chi connectivity index (χ3n) is 4.14. The highest BCUT2D eigenvalue weighted by Crippen LogP contribution is 2.23. The first-order valence-corrected chi connectivity index (χ1v) is 8.13. The molecule has 21 heavy (non-hydrogen) atoms. The maximum absolute atomic E-state index is 3.43. The Kier molecular flexibility index (Phi) is 6.01. The van der Waals surface area contributed by atoms with E-state index in [4.69, 9.17) is 0 Å². The third kappa shape index (κ3) is 4.18. The van der Waals surface area contributed by atoms with Gasteiger partial charge in [-0.15, -0.1) is 0 Å². The highest BCUT2D eigenvalue weighted by atomic mass is 14.9. The molecule has 2 aromatic rings. The molecule has 1 nitrogen and oxygen atoms in total. The Morgan fingerprint density at radius 2 is 1.33 bits per heavy atom. The van der Waals surface area contributed by atoms with E-state index >= 15 is 0 Å². The molecule has 0 aromatic heterocycles. The molecular weight excluding hydrogens is 254 g/mol. The fourth-order valence-electron chi connectivity index (χ4n) is 2.73. The monoisotopic (exact) mass is 281 g/mol. The van der Waals surface area contributed by atoms with Crippen molar-refractivity contribution in [1.29, 1.82) is 0 Å². The molecule has 2 aromatic carbocycles. The first-order valence-electron chi connectivity index (χ1n) is 8.13. The van der Waals surface area contributed by atoms with Gasteiger partial charge in [0, 0.05) is 0 Å². The van der Waals surface area contributed by atoms with Crippen molar-refractivity contribution < 1.29 is 0 Å². The van der Waals surface area contributed by atoms with Gasteiger partial charge in [-0.25, -0.2) is 0 Å². The Morgan fingerprint density at radius 3 is 1.76 bits per heavy atom. The van der Waals surface area contributed by atoms with Crippen LogP contribution >= 0.6 is 0 Å². The second kappa shape index (κ2) is 7.99. The molecular formula is C20H27N. The number of benzene rings is 2. The van der Waals surface area contributed by atoms with E-state index in [2.05, 4.69) is 67.7 Å². The molecule has 0 amide bonds. The Hall–Kier alpha value is -1.60. The first-order chi connectivity index (χ1) is 10.3. The summed E-state index contributed by atoms with van der Waals surface area (Å²) >= 11 is 0. The quantitative estimate of drug-likeness (QED) is 0.761. The molecule has 0 aliphatic rings. The molecule has 2 rings (SSSR count). The topological polar surface area (TPSA) is 12.0 Å². The van der Waals surface area contributed by atoms with Crippen molar-refractivity contribution in [2.75, 3.05) is 7.05 Å². The summed E-state index contributed by atoms with van der Waals surface area (Å²) in [7, 11) is 2.03. The summed E-state index contributed by atoms with van der Waals surface area (Å²) in [6, 6.07) is 18.3. The van der Waals surface area contributed by atoms with Gasteiger partial charge in [0.2, 0.25) is 0 Å². The molecule has 0 fully saturated rings. The van der Waals surface area contributed by atoms with Crippen LogP contribution in [-0.4, -0.2) is 7.05 Å². The summed E-state index contributed by atoms with van der Waals surface area (Å²) in [4.78, 5) is 0. The van der Waals surface area contributed by atoms with E-state index in [-0.39, 0.29) is 6.04 Å². The highest BCUT2D eigenvalue weighted by Gasteiger charge is 2.11. The summed E-state index contributed by atoms with van der Waals surface area (Å²) in [5, 5.41) is 3.43. The molecule has 0 spiro atoms. The zero-order chi connectivity index (χ0) is 15.1. The highest BCUT2D eigenvalue weighted by molar-refractivity contribution is 5.35. The number of aryl methyl sites for hydroxylation is 2. The van der Waals surface area contributed by atoms with Gasteiger partial charge in [-0.05, 0) is 48.6 Å².